The van der Waals surface area contributed by atoms with Crippen molar-refractivity contribution in [1.82, 2.24) is 5.17 Å². The van der Waals surface area contributed by atoms with Crippen LogP contribution in [0.1, 0.15) is 0 Å². The van der Waals surface area contributed by atoms with Gasteiger partial charge in [0.1, 0.15) is 0 Å². The molecule has 0 unspecified atom stereocenters. The topological polar surface area (TPSA) is 50.6 Å². The summed E-state index contributed by atoms with van der Waals surface area (Å²) in [6.07, 6.45) is 0. The van der Waals surface area contributed by atoms with Crippen molar-refractivity contribution in [3.63, 3.8) is 0 Å². The number of amidine groups is 1. The predicted octanol–water partition coefficient (Wildman–Crippen LogP) is -0.864. The normalized spacial score (nSPS) is 16.9. The highest BCUT2D eigenvalue weighted by atomic mass is 16.7. The molecule has 1 aliphatic heterocycles. The third-order valence-corrected chi connectivity index (χ3v) is 0.743. The fourth-order valence-corrected chi connectivity index (χ4v) is 0.348. The van der Waals surface area contributed by atoms with Gasteiger partial charge in [0.2, 0.25) is 0 Å². The molecule has 0 radical (unpaired) electrons. The Bertz CT molecular complexity index is 100. The highest BCUT2D eigenvalue weighted by Crippen LogP contribution is 2.05. The number of nitrogens with two attached hydrogens (primary N) is 1. The fraction of sp³-hybridized carbons (Fsp3) is 0.667. The van der Waals surface area contributed by atoms with E-state index in [1.54, 1.807) is 7.11 Å². The number of rotatable bonds is 2. The van der Waals surface area contributed by atoms with Gasteiger partial charge in [-0.3, -0.25) is 4.84 Å². The van der Waals surface area contributed by atoms with Crippen LogP contribution >= 0.6 is 0 Å². The van der Waals surface area contributed by atoms with Crippen LogP contribution in [0, 0.1) is 0 Å². The van der Waals surface area contributed by atoms with E-state index in [9.17, 15) is 0 Å². The molecule has 0 saturated carbocycles. The highest BCUT2D eigenvalue weighted by molar-refractivity contribution is 5.91. The Hall–Kier alpha value is -0.610. The van der Waals surface area contributed by atoms with Gasteiger partial charge in [0.15, 0.2) is 5.84 Å². The number of hydrogen-bond acceptors (Lipinski definition) is 4. The zero-order valence-corrected chi connectivity index (χ0v) is 4.09. The Morgan fingerprint density at radius 3 is 2.86 bits per heavy atom. The first-order valence-corrected chi connectivity index (χ1v) is 2.00. The average Bonchev–Trinajstić information content (AvgIpc) is 2.43. The van der Waals surface area contributed by atoms with Crippen molar-refractivity contribution in [2.75, 3.05) is 13.7 Å². The zero-order valence-electron chi connectivity index (χ0n) is 4.09. The Morgan fingerprint density at radius 2 is 2.71 bits per heavy atom. The molecule has 0 amide bonds. The van der Waals surface area contributed by atoms with Gasteiger partial charge in [0.25, 0.3) is 0 Å². The lowest BCUT2D eigenvalue weighted by Gasteiger charge is -1.90. The molecule has 0 saturated heterocycles. The second-order valence-electron chi connectivity index (χ2n) is 1.18. The van der Waals surface area contributed by atoms with Crippen LogP contribution in [0.2, 0.25) is 0 Å². The van der Waals surface area contributed by atoms with Gasteiger partial charge in [0.05, 0.1) is 13.7 Å². The van der Waals surface area contributed by atoms with Gasteiger partial charge in [-0.15, -0.1) is 10.3 Å². The highest BCUT2D eigenvalue weighted by Gasteiger charge is 2.20. The van der Waals surface area contributed by atoms with Crippen molar-refractivity contribution in [2.24, 2.45) is 10.8 Å². The average molecular weight is 101 g/mol. The van der Waals surface area contributed by atoms with E-state index in [0.29, 0.717) is 6.54 Å². The molecule has 2 N–H and O–H groups in total. The van der Waals surface area contributed by atoms with E-state index in [2.05, 4.69) is 9.94 Å². The number of hydrogen-bond donors (Lipinski definition) is 1. The van der Waals surface area contributed by atoms with Crippen LogP contribution in [0.15, 0.2) is 5.10 Å². The molecule has 4 heteroatoms. The van der Waals surface area contributed by atoms with Crippen LogP contribution in [0.3, 0.4) is 0 Å². The third kappa shape index (κ3) is 0.703. The standard InChI is InChI=1S/C3H7N3O/c1-7-6-3(2-4)5-6/h2,4H2,1H3. The molecule has 0 aromatic carbocycles. The van der Waals surface area contributed by atoms with Crippen LogP contribution < -0.4 is 5.73 Å². The van der Waals surface area contributed by atoms with E-state index in [1.165, 1.54) is 5.17 Å². The van der Waals surface area contributed by atoms with Crippen LogP contribution in [-0.4, -0.2) is 24.7 Å². The summed E-state index contributed by atoms with van der Waals surface area (Å²) in [5.74, 6) is 0.808. The quantitative estimate of drug-likeness (QED) is 0.492. The first-order valence-electron chi connectivity index (χ1n) is 2.00. The molecule has 1 rings (SSSR count). The van der Waals surface area contributed by atoms with Crippen molar-refractivity contribution < 1.29 is 4.84 Å². The number of hydrazone groups is 1. The molecular weight excluding hydrogens is 94.1 g/mol. The van der Waals surface area contributed by atoms with Gasteiger partial charge in [-0.1, -0.05) is 0 Å². The number of hydroxylamine groups is 1. The summed E-state index contributed by atoms with van der Waals surface area (Å²) in [6, 6.07) is 0. The summed E-state index contributed by atoms with van der Waals surface area (Å²) in [6.45, 7) is 0.466. The van der Waals surface area contributed by atoms with E-state index in [1.807, 2.05) is 0 Å². The third-order valence-electron chi connectivity index (χ3n) is 0.743. The Morgan fingerprint density at radius 1 is 2.00 bits per heavy atom. The molecule has 0 atom stereocenters. The van der Waals surface area contributed by atoms with Crippen molar-refractivity contribution >= 4 is 5.84 Å². The maximum absolute atomic E-state index is 5.15. The van der Waals surface area contributed by atoms with Crippen LogP contribution in [0.4, 0.5) is 0 Å². The van der Waals surface area contributed by atoms with Gasteiger partial charge in [-0.2, -0.15) is 0 Å². The van der Waals surface area contributed by atoms with Crippen LogP contribution in [-0.2, 0) is 4.84 Å². The minimum absolute atomic E-state index is 0.466. The summed E-state index contributed by atoms with van der Waals surface area (Å²) in [5, 5.41) is 5.08. The molecule has 4 nitrogen and oxygen atoms in total. The zero-order chi connectivity index (χ0) is 5.28. The summed E-state index contributed by atoms with van der Waals surface area (Å²) in [4.78, 5) is 4.61. The monoisotopic (exact) mass is 101 g/mol. The lowest BCUT2D eigenvalue weighted by atomic mass is 10.7. The van der Waals surface area contributed by atoms with Gasteiger partial charge in [0, 0.05) is 0 Å². The predicted molar refractivity (Wildman–Crippen MR) is 25.3 cm³/mol. The first kappa shape index (κ1) is 4.55. The largest absolute Gasteiger partial charge is 0.324 e. The van der Waals surface area contributed by atoms with Gasteiger partial charge in [-0.05, 0) is 0 Å². The maximum atomic E-state index is 5.15. The van der Waals surface area contributed by atoms with E-state index >= 15 is 0 Å². The van der Waals surface area contributed by atoms with Crippen LogP contribution in [0.25, 0.3) is 0 Å². The molecule has 0 aliphatic carbocycles. The smallest absolute Gasteiger partial charge is 0.191 e. The first-order chi connectivity index (χ1) is 3.38. The molecular formula is C3H7N3O. The van der Waals surface area contributed by atoms with Gasteiger partial charge < -0.3 is 5.73 Å². The molecule has 7 heavy (non-hydrogen) atoms. The molecule has 0 aromatic rings. The molecule has 0 aromatic heterocycles. The Balaban J connectivity index is 2.14. The summed E-state index contributed by atoms with van der Waals surface area (Å²) in [5.41, 5.74) is 5.15. The lowest BCUT2D eigenvalue weighted by molar-refractivity contribution is -0.0219. The molecule has 1 aliphatic rings. The second-order valence-corrected chi connectivity index (χ2v) is 1.18. The summed E-state index contributed by atoms with van der Waals surface area (Å²) >= 11 is 0. The van der Waals surface area contributed by atoms with Crippen LogP contribution in [0.5, 0.6) is 0 Å². The maximum Gasteiger partial charge on any atom is 0.191 e. The van der Waals surface area contributed by atoms with E-state index in [-0.39, 0.29) is 0 Å². The molecule has 0 fully saturated rings. The molecule has 1 heterocycles. The lowest BCUT2D eigenvalue weighted by Crippen LogP contribution is -2.13. The Kier molecular flexibility index (Phi) is 0.958. The summed E-state index contributed by atoms with van der Waals surface area (Å²) in [7, 11) is 1.55. The number of nitrogens with zero attached hydrogens (tertiary/aromatic N) is 2. The van der Waals surface area contributed by atoms with Crippen molar-refractivity contribution in [3.8, 4) is 0 Å². The fourth-order valence-electron chi connectivity index (χ4n) is 0.348. The van der Waals surface area contributed by atoms with Crippen molar-refractivity contribution in [1.29, 1.82) is 0 Å². The van der Waals surface area contributed by atoms with E-state index in [4.69, 9.17) is 5.73 Å². The molecule has 0 spiro atoms. The molecule has 0 bridgehead atoms. The SMILES string of the molecule is CON1N=C1CN. The van der Waals surface area contributed by atoms with Crippen molar-refractivity contribution in [3.05, 3.63) is 0 Å². The van der Waals surface area contributed by atoms with Crippen molar-refractivity contribution in [2.45, 2.75) is 0 Å². The minimum atomic E-state index is 0.466. The van der Waals surface area contributed by atoms with Gasteiger partial charge in [-0.25, -0.2) is 0 Å². The van der Waals surface area contributed by atoms with E-state index in [0.717, 1.165) is 5.84 Å². The van der Waals surface area contributed by atoms with E-state index < -0.39 is 0 Å². The summed E-state index contributed by atoms with van der Waals surface area (Å²) < 4.78 is 0. The molecule has 40 valence electrons. The Labute approximate surface area is 41.5 Å². The second kappa shape index (κ2) is 1.48. The van der Waals surface area contributed by atoms with Gasteiger partial charge >= 0.3 is 0 Å². The minimum Gasteiger partial charge on any atom is -0.324 e.